The van der Waals surface area contributed by atoms with E-state index in [9.17, 15) is 4.79 Å². The van der Waals surface area contributed by atoms with Crippen LogP contribution < -0.4 is 5.73 Å². The lowest BCUT2D eigenvalue weighted by Crippen LogP contribution is -2.13. The molecule has 4 heteroatoms. The summed E-state index contributed by atoms with van der Waals surface area (Å²) < 4.78 is 0.753. The molecule has 0 aliphatic heterocycles. The molecule has 1 aliphatic rings. The number of hydrogen-bond donors (Lipinski definition) is 1. The minimum Gasteiger partial charge on any atom is -0.365 e. The molecule has 1 heterocycles. The van der Waals surface area contributed by atoms with Crippen LogP contribution in [0, 0.1) is 0 Å². The van der Waals surface area contributed by atoms with Crippen LogP contribution in [0.1, 0.15) is 33.6 Å². The molecule has 1 aromatic heterocycles. The van der Waals surface area contributed by atoms with Gasteiger partial charge in [-0.3, -0.25) is 4.79 Å². The Morgan fingerprint density at radius 2 is 1.92 bits per heavy atom. The van der Waals surface area contributed by atoms with Gasteiger partial charge in [-0.05, 0) is 36.8 Å². The van der Waals surface area contributed by atoms with Crippen LogP contribution in [0.15, 0.2) is 0 Å². The molecule has 1 aromatic rings. The zero-order chi connectivity index (χ0) is 9.42. The second kappa shape index (κ2) is 3.31. The number of rotatable bonds is 1. The largest absolute Gasteiger partial charge is 0.365 e. The molecule has 0 saturated carbocycles. The van der Waals surface area contributed by atoms with Crippen LogP contribution in [-0.4, -0.2) is 5.91 Å². The molecule has 0 spiro atoms. The predicted molar refractivity (Wildman–Crippen MR) is 54.5 cm³/mol. The summed E-state index contributed by atoms with van der Waals surface area (Å²) in [4.78, 5) is 11.7. The quantitative estimate of drug-likeness (QED) is 0.768. The van der Waals surface area contributed by atoms with Crippen LogP contribution in [0.4, 0.5) is 0 Å². The fourth-order valence-electron chi connectivity index (χ4n) is 1.78. The van der Waals surface area contributed by atoms with E-state index in [0.29, 0.717) is 4.88 Å². The van der Waals surface area contributed by atoms with Crippen molar-refractivity contribution in [1.82, 2.24) is 0 Å². The second-order valence-corrected chi connectivity index (χ2v) is 4.86. The molecule has 0 atom stereocenters. The highest BCUT2D eigenvalue weighted by molar-refractivity contribution is 7.18. The maximum absolute atomic E-state index is 11.1. The Morgan fingerprint density at radius 1 is 1.31 bits per heavy atom. The summed E-state index contributed by atoms with van der Waals surface area (Å²) in [7, 11) is 0. The van der Waals surface area contributed by atoms with Crippen LogP contribution in [0.3, 0.4) is 0 Å². The van der Waals surface area contributed by atoms with Gasteiger partial charge >= 0.3 is 0 Å². The van der Waals surface area contributed by atoms with Crippen molar-refractivity contribution in [2.24, 2.45) is 5.73 Å². The van der Waals surface area contributed by atoms with Crippen molar-refractivity contribution in [2.45, 2.75) is 25.7 Å². The number of carbonyl (C=O) groups excluding carboxylic acids is 1. The molecular weight excluding hydrogens is 206 g/mol. The maximum atomic E-state index is 11.1. The van der Waals surface area contributed by atoms with Gasteiger partial charge in [0, 0.05) is 0 Å². The van der Waals surface area contributed by atoms with Crippen molar-refractivity contribution in [1.29, 1.82) is 0 Å². The van der Waals surface area contributed by atoms with E-state index in [1.807, 2.05) is 0 Å². The summed E-state index contributed by atoms with van der Waals surface area (Å²) in [5, 5.41) is 0. The zero-order valence-corrected chi connectivity index (χ0v) is 8.67. The summed E-state index contributed by atoms with van der Waals surface area (Å²) in [6.07, 6.45) is 4.26. The molecule has 2 rings (SSSR count). The third-order valence-electron chi connectivity index (χ3n) is 2.39. The van der Waals surface area contributed by atoms with Crippen LogP contribution in [0.5, 0.6) is 0 Å². The van der Waals surface area contributed by atoms with E-state index >= 15 is 0 Å². The van der Waals surface area contributed by atoms with Crippen molar-refractivity contribution >= 4 is 28.8 Å². The van der Waals surface area contributed by atoms with Gasteiger partial charge < -0.3 is 5.73 Å². The first kappa shape index (κ1) is 9.03. The molecule has 2 nitrogen and oxygen atoms in total. The zero-order valence-electron chi connectivity index (χ0n) is 7.10. The highest BCUT2D eigenvalue weighted by atomic mass is 35.5. The fourth-order valence-corrected chi connectivity index (χ4v) is 3.20. The number of hydrogen-bond acceptors (Lipinski definition) is 2. The SMILES string of the molecule is NC(=O)c1sc(Cl)c2c1CCCC2. The number of thiophene rings is 1. The molecule has 0 aromatic carbocycles. The van der Waals surface area contributed by atoms with E-state index < -0.39 is 0 Å². The molecule has 2 N–H and O–H groups in total. The first-order chi connectivity index (χ1) is 6.20. The standard InChI is InChI=1S/C9H10ClNOS/c10-8-6-4-2-1-3-5(6)7(13-8)9(11)12/h1-4H2,(H2,11,12). The summed E-state index contributed by atoms with van der Waals surface area (Å²) in [5.41, 5.74) is 7.53. The van der Waals surface area contributed by atoms with Crippen molar-refractivity contribution in [2.75, 3.05) is 0 Å². The Kier molecular flexibility index (Phi) is 2.30. The molecular formula is C9H10ClNOS. The summed E-state index contributed by atoms with van der Waals surface area (Å²) in [5.74, 6) is -0.338. The predicted octanol–water partition coefficient (Wildman–Crippen LogP) is 2.38. The number of fused-ring (bicyclic) bond motifs is 1. The Bertz CT molecular complexity index is 359. The van der Waals surface area contributed by atoms with Crippen molar-refractivity contribution in [3.63, 3.8) is 0 Å². The average Bonchev–Trinajstić information content (AvgIpc) is 2.45. The Hall–Kier alpha value is -0.540. The molecule has 0 fully saturated rings. The number of halogens is 1. The van der Waals surface area contributed by atoms with E-state index in [1.165, 1.54) is 17.8 Å². The average molecular weight is 216 g/mol. The minimum atomic E-state index is -0.338. The molecule has 0 unspecified atom stereocenters. The van der Waals surface area contributed by atoms with Crippen LogP contribution in [0.2, 0.25) is 4.34 Å². The number of nitrogens with two attached hydrogens (primary N) is 1. The van der Waals surface area contributed by atoms with Crippen LogP contribution in [0.25, 0.3) is 0 Å². The Morgan fingerprint density at radius 3 is 2.54 bits per heavy atom. The van der Waals surface area contributed by atoms with Gasteiger partial charge in [0.15, 0.2) is 0 Å². The van der Waals surface area contributed by atoms with Gasteiger partial charge in [0.1, 0.15) is 0 Å². The lowest BCUT2D eigenvalue weighted by Gasteiger charge is -2.11. The van der Waals surface area contributed by atoms with E-state index in [2.05, 4.69) is 0 Å². The molecule has 13 heavy (non-hydrogen) atoms. The van der Waals surface area contributed by atoms with Crippen LogP contribution in [-0.2, 0) is 12.8 Å². The highest BCUT2D eigenvalue weighted by Gasteiger charge is 2.22. The van der Waals surface area contributed by atoms with E-state index in [-0.39, 0.29) is 5.91 Å². The van der Waals surface area contributed by atoms with Gasteiger partial charge in [-0.15, -0.1) is 11.3 Å². The van der Waals surface area contributed by atoms with Crippen molar-refractivity contribution in [3.8, 4) is 0 Å². The van der Waals surface area contributed by atoms with Crippen molar-refractivity contribution in [3.05, 3.63) is 20.3 Å². The van der Waals surface area contributed by atoms with Gasteiger partial charge in [-0.2, -0.15) is 0 Å². The van der Waals surface area contributed by atoms with E-state index in [0.717, 1.165) is 34.7 Å². The lowest BCUT2D eigenvalue weighted by atomic mass is 9.94. The molecule has 70 valence electrons. The van der Waals surface area contributed by atoms with Gasteiger partial charge in [-0.1, -0.05) is 11.6 Å². The first-order valence-corrected chi connectivity index (χ1v) is 5.49. The minimum absolute atomic E-state index is 0.338. The summed E-state index contributed by atoms with van der Waals surface area (Å²) in [6.45, 7) is 0. The lowest BCUT2D eigenvalue weighted by molar-refractivity contribution is 0.100. The topological polar surface area (TPSA) is 43.1 Å². The molecule has 0 radical (unpaired) electrons. The van der Waals surface area contributed by atoms with Crippen LogP contribution >= 0.6 is 22.9 Å². The smallest absolute Gasteiger partial charge is 0.259 e. The Labute approximate surface area is 85.7 Å². The van der Waals surface area contributed by atoms with Gasteiger partial charge in [0.05, 0.1) is 9.21 Å². The third kappa shape index (κ3) is 1.46. The second-order valence-electron chi connectivity index (χ2n) is 3.23. The highest BCUT2D eigenvalue weighted by Crippen LogP contribution is 2.37. The normalized spacial score (nSPS) is 15.5. The molecule has 0 bridgehead atoms. The summed E-state index contributed by atoms with van der Waals surface area (Å²) >= 11 is 7.35. The first-order valence-electron chi connectivity index (χ1n) is 4.30. The monoisotopic (exact) mass is 215 g/mol. The number of carbonyl (C=O) groups is 1. The molecule has 1 aliphatic carbocycles. The van der Waals surface area contributed by atoms with Gasteiger partial charge in [0.2, 0.25) is 0 Å². The van der Waals surface area contributed by atoms with Gasteiger partial charge in [0.25, 0.3) is 5.91 Å². The van der Waals surface area contributed by atoms with E-state index in [1.54, 1.807) is 0 Å². The summed E-state index contributed by atoms with van der Waals surface area (Å²) in [6, 6.07) is 0. The fraction of sp³-hybridized carbons (Fsp3) is 0.444. The Balaban J connectivity index is 2.53. The maximum Gasteiger partial charge on any atom is 0.259 e. The van der Waals surface area contributed by atoms with Gasteiger partial charge in [-0.25, -0.2) is 0 Å². The van der Waals surface area contributed by atoms with E-state index in [4.69, 9.17) is 17.3 Å². The number of primary amides is 1. The van der Waals surface area contributed by atoms with Crippen molar-refractivity contribution < 1.29 is 4.79 Å². The third-order valence-corrected chi connectivity index (χ3v) is 3.93. The molecule has 1 amide bonds. The molecule has 0 saturated heterocycles. The number of amides is 1.